The number of carbonyl (C=O) groups is 3. The molecular weight excluding hydrogens is 889 g/mol. The summed E-state index contributed by atoms with van der Waals surface area (Å²) in [6.07, 6.45) is 73.3. The van der Waals surface area contributed by atoms with Gasteiger partial charge in [-0.1, -0.05) is 295 Å². The van der Waals surface area contributed by atoms with Gasteiger partial charge >= 0.3 is 17.9 Å². The number of esters is 3. The first-order valence-electron chi connectivity index (χ1n) is 32.3. The Kier molecular flexibility index (Phi) is 59.6. The van der Waals surface area contributed by atoms with Crippen molar-refractivity contribution >= 4 is 17.9 Å². The summed E-state index contributed by atoms with van der Waals surface area (Å²) in [6, 6.07) is 0. The van der Waals surface area contributed by atoms with Crippen molar-refractivity contribution in [1.82, 2.24) is 0 Å². The molecule has 0 spiro atoms. The van der Waals surface area contributed by atoms with E-state index in [2.05, 4.69) is 45.1 Å². The van der Waals surface area contributed by atoms with Gasteiger partial charge in [-0.15, -0.1) is 0 Å². The van der Waals surface area contributed by atoms with Crippen LogP contribution in [0.4, 0.5) is 0 Å². The van der Waals surface area contributed by atoms with Crippen LogP contribution in [0.3, 0.4) is 0 Å². The van der Waals surface area contributed by atoms with Crippen LogP contribution in [0, 0.1) is 0 Å². The smallest absolute Gasteiger partial charge is 0.306 e. The molecule has 0 aliphatic carbocycles. The third-order valence-electron chi connectivity index (χ3n) is 14.7. The summed E-state index contributed by atoms with van der Waals surface area (Å²) >= 11 is 0. The molecule has 0 saturated carbocycles. The van der Waals surface area contributed by atoms with Crippen LogP contribution < -0.4 is 0 Å². The molecule has 0 bridgehead atoms. The van der Waals surface area contributed by atoms with E-state index in [0.29, 0.717) is 19.3 Å². The van der Waals surface area contributed by atoms with Crippen molar-refractivity contribution < 1.29 is 28.6 Å². The summed E-state index contributed by atoms with van der Waals surface area (Å²) in [7, 11) is 0. The van der Waals surface area contributed by atoms with Gasteiger partial charge in [0.1, 0.15) is 13.2 Å². The Morgan fingerprint density at radius 2 is 0.458 bits per heavy atom. The SMILES string of the molecule is CCCCCC/C=C\CCCCCCCC(=O)OCC(COC(=O)CCCCCCCCCCCCCCCCCCCCCCCCC)OC(=O)CCCCCCCCC/C=C\CCCCCCCCC. The highest BCUT2D eigenvalue weighted by Crippen LogP contribution is 2.18. The van der Waals surface area contributed by atoms with Gasteiger partial charge in [-0.2, -0.15) is 0 Å². The zero-order valence-electron chi connectivity index (χ0n) is 48.7. The monoisotopic (exact) mass is 1010 g/mol. The topological polar surface area (TPSA) is 78.9 Å². The number of ether oxygens (including phenoxy) is 3. The normalized spacial score (nSPS) is 12.1. The molecule has 0 aliphatic heterocycles. The van der Waals surface area contributed by atoms with Crippen molar-refractivity contribution in [2.45, 2.75) is 367 Å². The van der Waals surface area contributed by atoms with Crippen molar-refractivity contribution in [3.63, 3.8) is 0 Å². The first kappa shape index (κ1) is 69.9. The van der Waals surface area contributed by atoms with Crippen LogP contribution in [-0.4, -0.2) is 37.2 Å². The van der Waals surface area contributed by atoms with E-state index in [-0.39, 0.29) is 31.1 Å². The third-order valence-corrected chi connectivity index (χ3v) is 14.7. The molecule has 0 fully saturated rings. The maximum atomic E-state index is 12.9. The van der Waals surface area contributed by atoms with Gasteiger partial charge in [0.25, 0.3) is 0 Å². The Hall–Kier alpha value is -2.11. The van der Waals surface area contributed by atoms with Gasteiger partial charge < -0.3 is 14.2 Å². The minimum Gasteiger partial charge on any atom is -0.462 e. The fourth-order valence-electron chi connectivity index (χ4n) is 9.79. The van der Waals surface area contributed by atoms with Gasteiger partial charge in [0, 0.05) is 19.3 Å². The molecule has 72 heavy (non-hydrogen) atoms. The molecule has 0 saturated heterocycles. The van der Waals surface area contributed by atoms with Crippen LogP contribution in [0.1, 0.15) is 361 Å². The second-order valence-electron chi connectivity index (χ2n) is 22.0. The molecule has 0 aromatic carbocycles. The Balaban J connectivity index is 4.26. The van der Waals surface area contributed by atoms with Crippen molar-refractivity contribution in [3.8, 4) is 0 Å². The molecule has 1 unspecified atom stereocenters. The average Bonchev–Trinajstić information content (AvgIpc) is 3.38. The molecule has 0 amide bonds. The number of unbranched alkanes of at least 4 members (excludes halogenated alkanes) is 45. The highest BCUT2D eigenvalue weighted by molar-refractivity contribution is 5.71. The Morgan fingerprint density at radius 3 is 0.708 bits per heavy atom. The molecule has 0 radical (unpaired) electrons. The molecule has 0 aromatic rings. The predicted molar refractivity (Wildman–Crippen MR) is 312 cm³/mol. The second kappa shape index (κ2) is 61.4. The Bertz CT molecular complexity index is 1160. The molecule has 1 atom stereocenters. The quantitative estimate of drug-likeness (QED) is 0.0261. The minimum atomic E-state index is -0.774. The molecule has 0 heterocycles. The largest absolute Gasteiger partial charge is 0.462 e. The Morgan fingerprint density at radius 1 is 0.264 bits per heavy atom. The highest BCUT2D eigenvalue weighted by atomic mass is 16.6. The van der Waals surface area contributed by atoms with Crippen LogP contribution in [0.15, 0.2) is 24.3 Å². The zero-order valence-corrected chi connectivity index (χ0v) is 48.7. The molecule has 0 aliphatic rings. The molecule has 0 rings (SSSR count). The molecule has 6 heteroatoms. The summed E-state index contributed by atoms with van der Waals surface area (Å²) in [4.78, 5) is 38.3. The molecule has 6 nitrogen and oxygen atoms in total. The van der Waals surface area contributed by atoms with E-state index in [4.69, 9.17) is 14.2 Å². The Labute approximate surface area is 449 Å². The zero-order chi connectivity index (χ0) is 52.2. The summed E-state index contributed by atoms with van der Waals surface area (Å²) in [5.41, 5.74) is 0. The van der Waals surface area contributed by atoms with Crippen LogP contribution in [0.2, 0.25) is 0 Å². The first-order valence-corrected chi connectivity index (χ1v) is 32.3. The van der Waals surface area contributed by atoms with Gasteiger partial charge in [0.2, 0.25) is 0 Å². The summed E-state index contributed by atoms with van der Waals surface area (Å²) in [6.45, 7) is 6.68. The van der Waals surface area contributed by atoms with E-state index < -0.39 is 6.10 Å². The molecule has 0 aromatic heterocycles. The lowest BCUT2D eigenvalue weighted by Gasteiger charge is -2.18. The van der Waals surface area contributed by atoms with Crippen LogP contribution in [0.25, 0.3) is 0 Å². The second-order valence-corrected chi connectivity index (χ2v) is 22.0. The number of carbonyl (C=O) groups excluding carboxylic acids is 3. The predicted octanol–water partition coefficient (Wildman–Crippen LogP) is 21.8. The maximum Gasteiger partial charge on any atom is 0.306 e. The fourth-order valence-corrected chi connectivity index (χ4v) is 9.79. The van der Waals surface area contributed by atoms with Crippen LogP contribution >= 0.6 is 0 Å². The molecular formula is C66H124O6. The lowest BCUT2D eigenvalue weighted by molar-refractivity contribution is -0.167. The van der Waals surface area contributed by atoms with Crippen molar-refractivity contribution in [1.29, 1.82) is 0 Å². The van der Waals surface area contributed by atoms with Gasteiger partial charge in [0.05, 0.1) is 0 Å². The van der Waals surface area contributed by atoms with Crippen molar-refractivity contribution in [2.75, 3.05) is 13.2 Å². The fraction of sp³-hybridized carbons (Fsp3) is 0.894. The molecule has 424 valence electrons. The van der Waals surface area contributed by atoms with E-state index >= 15 is 0 Å². The van der Waals surface area contributed by atoms with Gasteiger partial charge in [-0.3, -0.25) is 14.4 Å². The van der Waals surface area contributed by atoms with Crippen molar-refractivity contribution in [3.05, 3.63) is 24.3 Å². The first-order chi connectivity index (χ1) is 35.5. The third kappa shape index (κ3) is 58.8. The van der Waals surface area contributed by atoms with E-state index in [1.54, 1.807) is 0 Å². The van der Waals surface area contributed by atoms with E-state index in [0.717, 1.165) is 64.2 Å². The summed E-state index contributed by atoms with van der Waals surface area (Å²) in [5, 5.41) is 0. The standard InChI is InChI=1S/C66H124O6/c1-4-7-10-13-16-19-22-25-27-29-31-32-33-34-35-37-38-41-44-47-50-53-56-59-65(68)71-62-63(61-70-64(67)58-55-52-49-46-43-40-24-21-18-15-12-9-6-3)72-66(69)60-57-54-51-48-45-42-39-36-30-28-26-23-20-17-14-11-8-5-2/h21,24,28,30,63H,4-20,22-23,25-27,29,31-62H2,1-3H3/b24-21-,30-28-. The van der Waals surface area contributed by atoms with Crippen molar-refractivity contribution in [2.24, 2.45) is 0 Å². The summed E-state index contributed by atoms with van der Waals surface area (Å²) < 4.78 is 16.9. The van der Waals surface area contributed by atoms with E-state index in [1.165, 1.54) is 257 Å². The van der Waals surface area contributed by atoms with E-state index in [9.17, 15) is 14.4 Å². The number of hydrogen-bond donors (Lipinski definition) is 0. The van der Waals surface area contributed by atoms with Gasteiger partial charge in [-0.05, 0) is 70.6 Å². The van der Waals surface area contributed by atoms with Gasteiger partial charge in [0.15, 0.2) is 6.10 Å². The van der Waals surface area contributed by atoms with Gasteiger partial charge in [-0.25, -0.2) is 0 Å². The highest BCUT2D eigenvalue weighted by Gasteiger charge is 2.19. The number of rotatable bonds is 60. The lowest BCUT2D eigenvalue weighted by Crippen LogP contribution is -2.30. The minimum absolute atomic E-state index is 0.0707. The number of hydrogen-bond acceptors (Lipinski definition) is 6. The number of allylic oxidation sites excluding steroid dienone is 4. The molecule has 0 N–H and O–H groups in total. The lowest BCUT2D eigenvalue weighted by atomic mass is 10.0. The average molecular weight is 1010 g/mol. The van der Waals surface area contributed by atoms with Crippen LogP contribution in [-0.2, 0) is 28.6 Å². The summed E-state index contributed by atoms with van der Waals surface area (Å²) in [5.74, 6) is -0.859. The van der Waals surface area contributed by atoms with Crippen LogP contribution in [0.5, 0.6) is 0 Å². The van der Waals surface area contributed by atoms with E-state index in [1.807, 2.05) is 0 Å². The maximum absolute atomic E-state index is 12.9.